The van der Waals surface area contributed by atoms with Crippen LogP contribution in [0.5, 0.6) is 0 Å². The van der Waals surface area contributed by atoms with E-state index in [1.807, 2.05) is 0 Å². The third kappa shape index (κ3) is 3.21. The van der Waals surface area contributed by atoms with Crippen LogP contribution >= 0.6 is 0 Å². The van der Waals surface area contributed by atoms with Gasteiger partial charge >= 0.3 is 5.97 Å². The highest BCUT2D eigenvalue weighted by atomic mass is 16.5. The van der Waals surface area contributed by atoms with E-state index in [1.54, 1.807) is 0 Å². The zero-order chi connectivity index (χ0) is 12.7. The van der Waals surface area contributed by atoms with E-state index in [1.165, 1.54) is 13.5 Å². The molecule has 1 aliphatic carbocycles. The Morgan fingerprint density at radius 2 is 1.65 bits per heavy atom. The van der Waals surface area contributed by atoms with Gasteiger partial charge in [-0.05, 0) is 38.8 Å². The van der Waals surface area contributed by atoms with E-state index in [2.05, 4.69) is 18.7 Å². The quantitative estimate of drug-likeness (QED) is 0.670. The van der Waals surface area contributed by atoms with Gasteiger partial charge in [-0.2, -0.15) is 0 Å². The minimum atomic E-state index is -0.320. The molecule has 0 saturated heterocycles. The fraction of sp³-hybridized carbons (Fsp3) is 0.929. The molecule has 0 heterocycles. The normalized spacial score (nSPS) is 19.3. The van der Waals surface area contributed by atoms with Crippen molar-refractivity contribution in [2.45, 2.75) is 64.3 Å². The van der Waals surface area contributed by atoms with Crippen molar-refractivity contribution in [2.24, 2.45) is 0 Å². The van der Waals surface area contributed by atoms with Crippen LogP contribution in [0.4, 0.5) is 0 Å². The van der Waals surface area contributed by atoms with Crippen molar-refractivity contribution in [3.63, 3.8) is 0 Å². The van der Waals surface area contributed by atoms with Gasteiger partial charge in [-0.3, -0.25) is 9.69 Å². The highest BCUT2D eigenvalue weighted by molar-refractivity contribution is 5.80. The molecule has 0 radical (unpaired) electrons. The first kappa shape index (κ1) is 14.5. The maximum Gasteiger partial charge on any atom is 0.326 e. The van der Waals surface area contributed by atoms with Gasteiger partial charge in [0.15, 0.2) is 0 Å². The van der Waals surface area contributed by atoms with E-state index in [0.29, 0.717) is 0 Å². The highest BCUT2D eigenvalue weighted by Crippen LogP contribution is 2.35. The van der Waals surface area contributed by atoms with Gasteiger partial charge in [0.05, 0.1) is 7.11 Å². The van der Waals surface area contributed by atoms with Crippen molar-refractivity contribution in [3.8, 4) is 0 Å². The summed E-state index contributed by atoms with van der Waals surface area (Å²) in [6, 6.07) is 0. The summed E-state index contributed by atoms with van der Waals surface area (Å²) >= 11 is 0. The Balaban J connectivity index is 2.88. The third-order valence-corrected chi connectivity index (χ3v) is 3.84. The second-order valence-electron chi connectivity index (χ2n) is 5.07. The smallest absolute Gasteiger partial charge is 0.326 e. The van der Waals surface area contributed by atoms with E-state index in [-0.39, 0.29) is 11.5 Å². The van der Waals surface area contributed by atoms with Gasteiger partial charge in [-0.1, -0.05) is 33.1 Å². The summed E-state index contributed by atoms with van der Waals surface area (Å²) < 4.78 is 5.09. The van der Waals surface area contributed by atoms with E-state index in [0.717, 1.165) is 51.6 Å². The van der Waals surface area contributed by atoms with Crippen LogP contribution in [0.15, 0.2) is 0 Å². The average Bonchev–Trinajstić information content (AvgIpc) is 2.38. The van der Waals surface area contributed by atoms with Gasteiger partial charge in [-0.25, -0.2) is 0 Å². The molecule has 3 heteroatoms. The lowest BCUT2D eigenvalue weighted by atomic mass is 9.80. The Morgan fingerprint density at radius 3 is 2.06 bits per heavy atom. The first-order valence-corrected chi connectivity index (χ1v) is 7.04. The molecule has 100 valence electrons. The van der Waals surface area contributed by atoms with E-state index in [4.69, 9.17) is 4.74 Å². The molecule has 0 aliphatic heterocycles. The number of rotatable bonds is 6. The molecule has 0 atom stereocenters. The van der Waals surface area contributed by atoms with Crippen LogP contribution in [0.25, 0.3) is 0 Å². The molecular formula is C14H27NO2. The van der Waals surface area contributed by atoms with Gasteiger partial charge in [-0.15, -0.1) is 0 Å². The largest absolute Gasteiger partial charge is 0.468 e. The van der Waals surface area contributed by atoms with Crippen molar-refractivity contribution in [1.82, 2.24) is 4.90 Å². The Bertz CT molecular complexity index is 228. The van der Waals surface area contributed by atoms with Crippen LogP contribution in [-0.2, 0) is 9.53 Å². The number of methoxy groups -OCH3 is 1. The third-order valence-electron chi connectivity index (χ3n) is 3.84. The number of hydrogen-bond acceptors (Lipinski definition) is 3. The summed E-state index contributed by atoms with van der Waals surface area (Å²) in [5.74, 6) is -0.0147. The number of nitrogens with zero attached hydrogens (tertiary/aromatic N) is 1. The molecule has 1 saturated carbocycles. The van der Waals surface area contributed by atoms with Crippen molar-refractivity contribution < 1.29 is 9.53 Å². The second-order valence-corrected chi connectivity index (χ2v) is 5.07. The van der Waals surface area contributed by atoms with Gasteiger partial charge in [0.25, 0.3) is 0 Å². The summed E-state index contributed by atoms with van der Waals surface area (Å²) in [4.78, 5) is 14.6. The van der Waals surface area contributed by atoms with Crippen LogP contribution < -0.4 is 0 Å². The molecule has 1 fully saturated rings. The maximum absolute atomic E-state index is 12.2. The van der Waals surface area contributed by atoms with Gasteiger partial charge in [0.1, 0.15) is 5.54 Å². The fourth-order valence-corrected chi connectivity index (χ4v) is 3.06. The molecule has 1 aliphatic rings. The second kappa shape index (κ2) is 7.00. The maximum atomic E-state index is 12.2. The SMILES string of the molecule is CCCN(CCC)C1(C(=O)OC)CCCCC1. The molecular weight excluding hydrogens is 214 g/mol. The summed E-state index contributed by atoms with van der Waals surface area (Å²) in [7, 11) is 1.52. The van der Waals surface area contributed by atoms with Crippen molar-refractivity contribution in [2.75, 3.05) is 20.2 Å². The molecule has 0 N–H and O–H groups in total. The van der Waals surface area contributed by atoms with E-state index in [9.17, 15) is 4.79 Å². The average molecular weight is 241 g/mol. The molecule has 1 rings (SSSR count). The summed E-state index contributed by atoms with van der Waals surface area (Å²) in [5, 5.41) is 0. The van der Waals surface area contributed by atoms with Crippen LogP contribution in [0, 0.1) is 0 Å². The molecule has 0 bridgehead atoms. The Morgan fingerprint density at radius 1 is 1.12 bits per heavy atom. The molecule has 0 unspecified atom stereocenters. The molecule has 17 heavy (non-hydrogen) atoms. The van der Waals surface area contributed by atoms with Crippen molar-refractivity contribution in [3.05, 3.63) is 0 Å². The van der Waals surface area contributed by atoms with Crippen LogP contribution in [0.2, 0.25) is 0 Å². The lowest BCUT2D eigenvalue weighted by Crippen LogP contribution is -2.56. The monoisotopic (exact) mass is 241 g/mol. The molecule has 0 aromatic carbocycles. The molecule has 0 amide bonds. The molecule has 0 spiro atoms. The lowest BCUT2D eigenvalue weighted by molar-refractivity contribution is -0.158. The number of carbonyl (C=O) groups is 1. The zero-order valence-electron chi connectivity index (χ0n) is 11.6. The van der Waals surface area contributed by atoms with Gasteiger partial charge in [0, 0.05) is 0 Å². The number of esters is 1. The summed E-state index contributed by atoms with van der Waals surface area (Å²) in [6.07, 6.45) is 7.69. The number of carbonyl (C=O) groups excluding carboxylic acids is 1. The van der Waals surface area contributed by atoms with Gasteiger partial charge in [0.2, 0.25) is 0 Å². The van der Waals surface area contributed by atoms with Crippen LogP contribution in [-0.4, -0.2) is 36.6 Å². The molecule has 3 nitrogen and oxygen atoms in total. The number of ether oxygens (including phenoxy) is 1. The molecule has 0 aromatic heterocycles. The summed E-state index contributed by atoms with van der Waals surface area (Å²) in [6.45, 7) is 6.36. The predicted molar refractivity (Wildman–Crippen MR) is 70.0 cm³/mol. The predicted octanol–water partition coefficient (Wildman–Crippen LogP) is 2.98. The lowest BCUT2D eigenvalue weighted by Gasteiger charge is -2.44. The Hall–Kier alpha value is -0.570. The van der Waals surface area contributed by atoms with Crippen molar-refractivity contribution >= 4 is 5.97 Å². The van der Waals surface area contributed by atoms with E-state index < -0.39 is 0 Å². The Kier molecular flexibility index (Phi) is 5.96. The van der Waals surface area contributed by atoms with Crippen LogP contribution in [0.1, 0.15) is 58.8 Å². The number of hydrogen-bond donors (Lipinski definition) is 0. The topological polar surface area (TPSA) is 29.5 Å². The van der Waals surface area contributed by atoms with Crippen molar-refractivity contribution in [1.29, 1.82) is 0 Å². The highest BCUT2D eigenvalue weighted by Gasteiger charge is 2.44. The first-order valence-electron chi connectivity index (χ1n) is 7.04. The summed E-state index contributed by atoms with van der Waals surface area (Å²) in [5.41, 5.74) is -0.320. The fourth-order valence-electron chi connectivity index (χ4n) is 3.06. The zero-order valence-corrected chi connectivity index (χ0v) is 11.6. The molecule has 0 aromatic rings. The minimum absolute atomic E-state index is 0.0147. The standard InChI is InChI=1S/C14H27NO2/c1-4-11-15(12-5-2)14(13(16)17-3)9-7-6-8-10-14/h4-12H2,1-3H3. The van der Waals surface area contributed by atoms with Crippen LogP contribution in [0.3, 0.4) is 0 Å². The Labute approximate surface area is 106 Å². The first-order chi connectivity index (χ1) is 8.21. The van der Waals surface area contributed by atoms with Gasteiger partial charge < -0.3 is 4.74 Å². The minimum Gasteiger partial charge on any atom is -0.468 e. The van der Waals surface area contributed by atoms with E-state index >= 15 is 0 Å².